The van der Waals surface area contributed by atoms with Gasteiger partial charge >= 0.3 is 0 Å². The van der Waals surface area contributed by atoms with Gasteiger partial charge in [0.1, 0.15) is 0 Å². The summed E-state index contributed by atoms with van der Waals surface area (Å²) in [5.41, 5.74) is 3.97. The molecule has 0 saturated heterocycles. The lowest BCUT2D eigenvalue weighted by atomic mass is 10.1. The van der Waals surface area contributed by atoms with E-state index in [0.717, 1.165) is 23.4 Å². The van der Waals surface area contributed by atoms with E-state index in [1.54, 1.807) is 6.07 Å². The minimum absolute atomic E-state index is 0.0594. The van der Waals surface area contributed by atoms with E-state index in [1.165, 1.54) is 17.7 Å². The summed E-state index contributed by atoms with van der Waals surface area (Å²) in [5.74, 6) is 0.231. The van der Waals surface area contributed by atoms with Crippen LogP contribution in [0.5, 0.6) is 0 Å². The molecule has 0 saturated carbocycles. The number of hydrogen-bond donors (Lipinski definition) is 0. The van der Waals surface area contributed by atoms with Crippen LogP contribution in [0.15, 0.2) is 42.5 Å². The first kappa shape index (κ1) is 15.3. The molecule has 0 aromatic heterocycles. The summed E-state index contributed by atoms with van der Waals surface area (Å²) in [6.45, 7) is 2.11. The molecule has 0 radical (unpaired) electrons. The zero-order valence-electron chi connectivity index (χ0n) is 12.0. The molecule has 0 spiro atoms. The number of nitro groups is 1. The van der Waals surface area contributed by atoms with E-state index in [0.29, 0.717) is 0 Å². The minimum atomic E-state index is -0.407. The number of nitro benzene ring substituents is 1. The zero-order valence-corrected chi connectivity index (χ0v) is 12.8. The summed E-state index contributed by atoms with van der Waals surface area (Å²) in [5, 5.41) is 10.8. The standard InChI is InChI=1S/C16H17ClN2O2/c1-3-12-4-6-14(7-5-12)18(2)16-9-8-15(19(20)21)10-13(16)11-17/h4-10H,3,11H2,1-2H3. The molecule has 2 aromatic carbocycles. The number of alkyl halides is 1. The first-order valence-electron chi connectivity index (χ1n) is 6.72. The molecule has 2 rings (SSSR count). The third kappa shape index (κ3) is 3.34. The van der Waals surface area contributed by atoms with Crippen molar-refractivity contribution < 1.29 is 4.92 Å². The summed E-state index contributed by atoms with van der Waals surface area (Å²) < 4.78 is 0. The molecule has 0 aliphatic heterocycles. The van der Waals surface area contributed by atoms with E-state index in [4.69, 9.17) is 11.6 Å². The summed E-state index contributed by atoms with van der Waals surface area (Å²) in [4.78, 5) is 12.4. The van der Waals surface area contributed by atoms with Crippen LogP contribution in [0.25, 0.3) is 0 Å². The third-order valence-corrected chi connectivity index (χ3v) is 3.80. The summed E-state index contributed by atoms with van der Waals surface area (Å²) in [6, 6.07) is 13.0. The van der Waals surface area contributed by atoms with Crippen LogP contribution in [-0.4, -0.2) is 12.0 Å². The Morgan fingerprint density at radius 1 is 1.19 bits per heavy atom. The Labute approximate surface area is 129 Å². The van der Waals surface area contributed by atoms with Crippen molar-refractivity contribution in [3.8, 4) is 0 Å². The quantitative estimate of drug-likeness (QED) is 0.458. The molecule has 0 N–H and O–H groups in total. The SMILES string of the molecule is CCc1ccc(N(C)c2ccc([N+](=O)[O-])cc2CCl)cc1. The number of aryl methyl sites for hydroxylation is 1. The average Bonchev–Trinajstić information content (AvgIpc) is 2.53. The fraction of sp³-hybridized carbons (Fsp3) is 0.250. The fourth-order valence-corrected chi connectivity index (χ4v) is 2.43. The Hall–Kier alpha value is -2.07. The van der Waals surface area contributed by atoms with Gasteiger partial charge in [-0.25, -0.2) is 0 Å². The Bertz CT molecular complexity index is 641. The van der Waals surface area contributed by atoms with Crippen LogP contribution in [0.3, 0.4) is 0 Å². The first-order chi connectivity index (χ1) is 10.1. The van der Waals surface area contributed by atoms with Crippen molar-refractivity contribution >= 4 is 28.7 Å². The van der Waals surface area contributed by atoms with Gasteiger partial charge in [0.05, 0.1) is 4.92 Å². The number of hydrogen-bond acceptors (Lipinski definition) is 3. The molecule has 0 bridgehead atoms. The van der Waals surface area contributed by atoms with Crippen molar-refractivity contribution in [1.29, 1.82) is 0 Å². The van der Waals surface area contributed by atoms with Gasteiger partial charge in [-0.15, -0.1) is 11.6 Å². The monoisotopic (exact) mass is 304 g/mol. The maximum Gasteiger partial charge on any atom is 0.269 e. The predicted molar refractivity (Wildman–Crippen MR) is 86.5 cm³/mol. The van der Waals surface area contributed by atoms with Gasteiger partial charge in [0.2, 0.25) is 0 Å². The number of nitrogens with zero attached hydrogens (tertiary/aromatic N) is 2. The lowest BCUT2D eigenvalue weighted by Crippen LogP contribution is -2.11. The Kier molecular flexibility index (Phi) is 4.81. The number of non-ortho nitro benzene ring substituents is 1. The lowest BCUT2D eigenvalue weighted by molar-refractivity contribution is -0.384. The molecular weight excluding hydrogens is 288 g/mol. The number of benzene rings is 2. The normalized spacial score (nSPS) is 10.4. The van der Waals surface area contributed by atoms with Gasteiger partial charge in [-0.3, -0.25) is 10.1 Å². The van der Waals surface area contributed by atoms with Crippen molar-refractivity contribution in [3.05, 3.63) is 63.7 Å². The molecule has 0 atom stereocenters. The van der Waals surface area contributed by atoms with Crippen molar-refractivity contribution in [2.45, 2.75) is 19.2 Å². The number of anilines is 2. The molecule has 4 nitrogen and oxygen atoms in total. The van der Waals surface area contributed by atoms with Crippen LogP contribution in [0.1, 0.15) is 18.1 Å². The Morgan fingerprint density at radius 3 is 2.38 bits per heavy atom. The van der Waals surface area contributed by atoms with Gasteiger partial charge in [-0.1, -0.05) is 19.1 Å². The van der Waals surface area contributed by atoms with E-state index >= 15 is 0 Å². The topological polar surface area (TPSA) is 46.4 Å². The van der Waals surface area contributed by atoms with Gasteiger partial charge in [-0.05, 0) is 35.7 Å². The van der Waals surface area contributed by atoms with Gasteiger partial charge in [0.15, 0.2) is 0 Å². The van der Waals surface area contributed by atoms with Gasteiger partial charge < -0.3 is 4.90 Å². The summed E-state index contributed by atoms with van der Waals surface area (Å²) >= 11 is 5.94. The van der Waals surface area contributed by atoms with E-state index < -0.39 is 4.92 Å². The smallest absolute Gasteiger partial charge is 0.269 e. The molecule has 5 heteroatoms. The van der Waals surface area contributed by atoms with E-state index in [9.17, 15) is 10.1 Å². The molecule has 110 valence electrons. The third-order valence-electron chi connectivity index (χ3n) is 3.51. The van der Waals surface area contributed by atoms with Crippen LogP contribution >= 0.6 is 11.6 Å². The van der Waals surface area contributed by atoms with E-state index in [1.807, 2.05) is 24.1 Å². The molecule has 0 fully saturated rings. The minimum Gasteiger partial charge on any atom is -0.344 e. The fourth-order valence-electron chi connectivity index (χ4n) is 2.21. The molecule has 0 unspecified atom stereocenters. The van der Waals surface area contributed by atoms with Crippen molar-refractivity contribution in [2.24, 2.45) is 0 Å². The molecule has 0 amide bonds. The number of rotatable bonds is 5. The molecule has 21 heavy (non-hydrogen) atoms. The second-order valence-corrected chi connectivity index (χ2v) is 5.05. The highest BCUT2D eigenvalue weighted by molar-refractivity contribution is 6.17. The van der Waals surface area contributed by atoms with Crippen LogP contribution in [0.4, 0.5) is 17.1 Å². The lowest BCUT2D eigenvalue weighted by Gasteiger charge is -2.22. The maximum atomic E-state index is 10.8. The van der Waals surface area contributed by atoms with Crippen LogP contribution in [0.2, 0.25) is 0 Å². The Morgan fingerprint density at radius 2 is 1.86 bits per heavy atom. The molecule has 0 aliphatic rings. The molecule has 2 aromatic rings. The van der Waals surface area contributed by atoms with Crippen molar-refractivity contribution in [2.75, 3.05) is 11.9 Å². The van der Waals surface area contributed by atoms with Gasteiger partial charge in [-0.2, -0.15) is 0 Å². The largest absolute Gasteiger partial charge is 0.344 e. The van der Waals surface area contributed by atoms with E-state index in [-0.39, 0.29) is 11.6 Å². The second-order valence-electron chi connectivity index (χ2n) is 4.78. The Balaban J connectivity index is 2.37. The molecule has 0 aliphatic carbocycles. The van der Waals surface area contributed by atoms with Gasteiger partial charge in [0.25, 0.3) is 5.69 Å². The molecule has 0 heterocycles. The molecular formula is C16H17ClN2O2. The van der Waals surface area contributed by atoms with Crippen molar-refractivity contribution in [3.63, 3.8) is 0 Å². The van der Waals surface area contributed by atoms with E-state index in [2.05, 4.69) is 19.1 Å². The zero-order chi connectivity index (χ0) is 15.4. The second kappa shape index (κ2) is 6.59. The van der Waals surface area contributed by atoms with Crippen LogP contribution < -0.4 is 4.90 Å². The number of halogens is 1. The maximum absolute atomic E-state index is 10.8. The average molecular weight is 305 g/mol. The summed E-state index contributed by atoms with van der Waals surface area (Å²) in [7, 11) is 1.93. The highest BCUT2D eigenvalue weighted by Gasteiger charge is 2.14. The first-order valence-corrected chi connectivity index (χ1v) is 7.26. The predicted octanol–water partition coefficient (Wildman–Crippen LogP) is 4.66. The van der Waals surface area contributed by atoms with Crippen LogP contribution in [-0.2, 0) is 12.3 Å². The van der Waals surface area contributed by atoms with Crippen LogP contribution in [0, 0.1) is 10.1 Å². The highest BCUT2D eigenvalue weighted by Crippen LogP contribution is 2.31. The van der Waals surface area contributed by atoms with Crippen molar-refractivity contribution in [1.82, 2.24) is 0 Å². The summed E-state index contributed by atoms with van der Waals surface area (Å²) in [6.07, 6.45) is 0.994. The highest BCUT2D eigenvalue weighted by atomic mass is 35.5. The van der Waals surface area contributed by atoms with Gasteiger partial charge in [0, 0.05) is 36.4 Å².